The summed E-state index contributed by atoms with van der Waals surface area (Å²) in [6.07, 6.45) is 4.18. The molecular weight excluding hydrogens is 816 g/mol. The Morgan fingerprint density at radius 1 is 0.552 bits per heavy atom. The van der Waals surface area contributed by atoms with Gasteiger partial charge in [0.2, 0.25) is 35.3 Å². The second-order valence-corrected chi connectivity index (χ2v) is 12.4. The van der Waals surface area contributed by atoms with E-state index in [4.69, 9.17) is 38.5 Å². The Labute approximate surface area is 347 Å². The summed E-state index contributed by atoms with van der Waals surface area (Å²) >= 11 is 3.30. The van der Waals surface area contributed by atoms with Crippen molar-refractivity contribution in [3.8, 4) is 35.3 Å². The summed E-state index contributed by atoms with van der Waals surface area (Å²) in [5.41, 5.74) is 9.11. The van der Waals surface area contributed by atoms with Gasteiger partial charge in [0.25, 0.3) is 0 Å². The quantitative estimate of drug-likeness (QED) is 0.0611. The number of oxime groups is 2. The van der Waals surface area contributed by atoms with Crippen LogP contribution in [0.25, 0.3) is 0 Å². The number of aryl methyl sites for hydroxylation is 4. The van der Waals surface area contributed by atoms with Crippen LogP contribution in [0.1, 0.15) is 64.4 Å². The first kappa shape index (κ1) is 47.9. The standard InChI is InChI=1S/C16H20N4O3.C9H12N2O.C7H9BrN2O2.C7H10N2O2/c1-10-6-11(2)19-14(7-10)12(3)20-23-8-13-15(21-4)17-9-18-16(13)22-5;1-6-4-7(2)10-9(5-6)8(3)11-12;1-11-6-5(3-8)7(12-2)10-4-9-6;1-5-6(10-2)8-4-9-7(5)11-3/h6-7,9H,8H2,1-5H3;4-5,12H,1-3H3;4H,3H2,1-2H3;4H,1-3H3/b20-12+;11-8+;;. The van der Waals surface area contributed by atoms with Crippen LogP contribution in [0.5, 0.6) is 35.3 Å². The van der Waals surface area contributed by atoms with Gasteiger partial charge in [0.1, 0.15) is 36.0 Å². The first-order valence-corrected chi connectivity index (χ1v) is 18.5. The summed E-state index contributed by atoms with van der Waals surface area (Å²) in [5.74, 6) is 2.98. The summed E-state index contributed by atoms with van der Waals surface area (Å²) in [6, 6.07) is 7.84. The fourth-order valence-corrected chi connectivity index (χ4v) is 5.36. The summed E-state index contributed by atoms with van der Waals surface area (Å²) in [6.45, 7) is 13.4. The molecule has 0 aliphatic heterocycles. The Hall–Kier alpha value is -6.24. The number of nitrogens with zero attached hydrogens (tertiary/aromatic N) is 10. The highest BCUT2D eigenvalue weighted by molar-refractivity contribution is 9.08. The first-order valence-electron chi connectivity index (χ1n) is 17.4. The summed E-state index contributed by atoms with van der Waals surface area (Å²) < 4.78 is 30.3. The Morgan fingerprint density at radius 3 is 1.26 bits per heavy atom. The number of alkyl halides is 1. The molecule has 0 atom stereocenters. The van der Waals surface area contributed by atoms with E-state index in [2.05, 4.69) is 66.1 Å². The highest BCUT2D eigenvalue weighted by Gasteiger charge is 2.14. The molecule has 5 aromatic rings. The van der Waals surface area contributed by atoms with Crippen molar-refractivity contribution in [3.05, 3.63) is 93.8 Å². The van der Waals surface area contributed by atoms with E-state index in [1.165, 1.54) is 33.2 Å². The maximum Gasteiger partial charge on any atom is 0.226 e. The molecule has 0 bridgehead atoms. The Kier molecular flexibility index (Phi) is 20.7. The molecule has 58 heavy (non-hydrogen) atoms. The third kappa shape index (κ3) is 14.7. The van der Waals surface area contributed by atoms with Crippen LogP contribution in [0.4, 0.5) is 0 Å². The van der Waals surface area contributed by atoms with Crippen molar-refractivity contribution >= 4 is 27.4 Å². The van der Waals surface area contributed by atoms with E-state index in [9.17, 15) is 0 Å². The van der Waals surface area contributed by atoms with E-state index in [1.54, 1.807) is 35.4 Å². The van der Waals surface area contributed by atoms with Crippen LogP contribution in [0.2, 0.25) is 0 Å². The van der Waals surface area contributed by atoms with Gasteiger partial charge >= 0.3 is 0 Å². The number of hydrogen-bond donors (Lipinski definition) is 1. The molecule has 0 aromatic carbocycles. The van der Waals surface area contributed by atoms with Crippen LogP contribution in [-0.2, 0) is 16.8 Å². The van der Waals surface area contributed by atoms with Gasteiger partial charge in [-0.05, 0) is 83.9 Å². The molecule has 19 heteroatoms. The van der Waals surface area contributed by atoms with E-state index in [0.29, 0.717) is 57.6 Å². The number of ether oxygens (including phenoxy) is 6. The number of hydrogen-bond acceptors (Lipinski definition) is 18. The Bertz CT molecular complexity index is 2010. The van der Waals surface area contributed by atoms with Gasteiger partial charge in [0.05, 0.1) is 65.2 Å². The monoisotopic (exact) mass is 866 g/mol. The first-order chi connectivity index (χ1) is 27.8. The SMILES string of the molecule is C/C(=N\O)c1cc(C)cc(C)n1.COc1ncnc(OC)c1C.COc1ncnc(OC)c1CBr.COc1ncnc(OC)c1CO/N=C(\C)c1cc(C)cc(C)n1. The normalized spacial score (nSPS) is 10.7. The van der Waals surface area contributed by atoms with Crippen molar-refractivity contribution in [2.75, 3.05) is 42.7 Å². The Balaban J connectivity index is 0.000000283. The minimum absolute atomic E-state index is 0.134. The van der Waals surface area contributed by atoms with Gasteiger partial charge in [-0.15, -0.1) is 0 Å². The number of pyridine rings is 2. The minimum atomic E-state index is 0.134. The van der Waals surface area contributed by atoms with E-state index in [1.807, 2.05) is 65.8 Å². The van der Waals surface area contributed by atoms with Crippen molar-refractivity contribution in [1.29, 1.82) is 0 Å². The van der Waals surface area contributed by atoms with Gasteiger partial charge in [0.15, 0.2) is 6.61 Å². The lowest BCUT2D eigenvalue weighted by atomic mass is 10.2. The second-order valence-electron chi connectivity index (χ2n) is 11.9. The van der Waals surface area contributed by atoms with Gasteiger partial charge in [-0.1, -0.05) is 26.2 Å². The average Bonchev–Trinajstić information content (AvgIpc) is 3.22. The van der Waals surface area contributed by atoms with E-state index >= 15 is 0 Å². The molecule has 5 rings (SSSR count). The molecule has 5 heterocycles. The van der Waals surface area contributed by atoms with Crippen LogP contribution in [0.15, 0.2) is 53.6 Å². The molecule has 0 aliphatic carbocycles. The van der Waals surface area contributed by atoms with Crippen molar-refractivity contribution in [2.45, 2.75) is 60.4 Å². The number of halogens is 1. The highest BCUT2D eigenvalue weighted by atomic mass is 79.9. The van der Waals surface area contributed by atoms with Crippen molar-refractivity contribution in [3.63, 3.8) is 0 Å². The van der Waals surface area contributed by atoms with Crippen molar-refractivity contribution in [2.24, 2.45) is 10.3 Å². The topological polar surface area (TPSA) is 213 Å². The zero-order valence-electron chi connectivity index (χ0n) is 35.1. The molecule has 0 amide bonds. The second kappa shape index (κ2) is 25.1. The van der Waals surface area contributed by atoms with Gasteiger partial charge in [0, 0.05) is 16.7 Å². The van der Waals surface area contributed by atoms with Crippen LogP contribution >= 0.6 is 15.9 Å². The molecule has 0 spiro atoms. The molecule has 5 aromatic heterocycles. The lowest BCUT2D eigenvalue weighted by molar-refractivity contribution is 0.125. The molecule has 0 aliphatic rings. The Morgan fingerprint density at radius 2 is 0.914 bits per heavy atom. The van der Waals surface area contributed by atoms with Crippen LogP contribution < -0.4 is 28.4 Å². The van der Waals surface area contributed by atoms with Gasteiger partial charge in [-0.2, -0.15) is 0 Å². The van der Waals surface area contributed by atoms with Gasteiger partial charge in [-0.25, -0.2) is 29.9 Å². The number of methoxy groups -OCH3 is 6. The summed E-state index contributed by atoms with van der Waals surface area (Å²) in [4.78, 5) is 37.8. The van der Waals surface area contributed by atoms with E-state index < -0.39 is 0 Å². The third-order valence-electron chi connectivity index (χ3n) is 7.52. The third-order valence-corrected chi connectivity index (χ3v) is 8.08. The maximum absolute atomic E-state index is 8.52. The molecule has 0 unspecified atom stereocenters. The predicted octanol–water partition coefficient (Wildman–Crippen LogP) is 6.53. The molecular formula is C39H51BrN10O8. The zero-order chi connectivity index (χ0) is 43.2. The van der Waals surface area contributed by atoms with Gasteiger partial charge in [-0.3, -0.25) is 9.97 Å². The van der Waals surface area contributed by atoms with E-state index in [0.717, 1.165) is 45.0 Å². The summed E-state index contributed by atoms with van der Waals surface area (Å²) in [7, 11) is 9.31. The lowest BCUT2D eigenvalue weighted by Crippen LogP contribution is -2.04. The molecule has 1 N–H and O–H groups in total. The fourth-order valence-electron chi connectivity index (χ4n) is 4.88. The lowest BCUT2D eigenvalue weighted by Gasteiger charge is -2.10. The van der Waals surface area contributed by atoms with E-state index in [-0.39, 0.29) is 6.61 Å². The molecule has 0 radical (unpaired) electrons. The number of rotatable bonds is 12. The molecule has 0 fully saturated rings. The molecule has 18 nitrogen and oxygen atoms in total. The highest BCUT2D eigenvalue weighted by Crippen LogP contribution is 2.26. The zero-order valence-corrected chi connectivity index (χ0v) is 36.7. The smallest absolute Gasteiger partial charge is 0.226 e. The average molecular weight is 868 g/mol. The summed E-state index contributed by atoms with van der Waals surface area (Å²) in [5, 5.41) is 16.3. The molecule has 312 valence electrons. The predicted molar refractivity (Wildman–Crippen MR) is 221 cm³/mol. The van der Waals surface area contributed by atoms with Crippen molar-refractivity contribution < 1.29 is 38.5 Å². The largest absolute Gasteiger partial charge is 0.481 e. The molecule has 0 saturated carbocycles. The van der Waals surface area contributed by atoms with Crippen LogP contribution in [0.3, 0.4) is 0 Å². The maximum atomic E-state index is 8.52. The fraction of sp³-hybridized carbons (Fsp3) is 0.385. The molecule has 0 saturated heterocycles. The van der Waals surface area contributed by atoms with Crippen LogP contribution in [0, 0.1) is 34.6 Å². The minimum Gasteiger partial charge on any atom is -0.481 e. The number of aromatic nitrogens is 8. The van der Waals surface area contributed by atoms with Crippen molar-refractivity contribution in [1.82, 2.24) is 39.9 Å². The van der Waals surface area contributed by atoms with Gasteiger partial charge < -0.3 is 38.5 Å². The van der Waals surface area contributed by atoms with Crippen LogP contribution in [-0.4, -0.2) is 99.2 Å².